The summed E-state index contributed by atoms with van der Waals surface area (Å²) in [6.45, 7) is 0. The van der Waals surface area contributed by atoms with Crippen LogP contribution in [0.25, 0.3) is 10.9 Å². The standard InChI is InChI=1S/C10H4BrF2NO2/c11-6-1-2-14-7-4-9-8(3-5(6)7)15-10(12,13)16-9/h1-4H. The largest absolute Gasteiger partial charge is 0.586 e. The van der Waals surface area contributed by atoms with E-state index in [0.717, 1.165) is 4.47 Å². The van der Waals surface area contributed by atoms with Crippen LogP contribution in [0.4, 0.5) is 8.78 Å². The first kappa shape index (κ1) is 9.77. The quantitative estimate of drug-likeness (QED) is 0.745. The number of alkyl halides is 2. The topological polar surface area (TPSA) is 31.4 Å². The SMILES string of the molecule is FC1(F)Oc2cc3nccc(Br)c3cc2O1. The molecule has 0 atom stereocenters. The predicted octanol–water partition coefficient (Wildman–Crippen LogP) is 3.32. The monoisotopic (exact) mass is 287 g/mol. The first-order valence-electron chi connectivity index (χ1n) is 4.39. The molecule has 1 aromatic heterocycles. The molecule has 16 heavy (non-hydrogen) atoms. The minimum atomic E-state index is -3.59. The van der Waals surface area contributed by atoms with Gasteiger partial charge in [-0.1, -0.05) is 15.9 Å². The Morgan fingerprint density at radius 2 is 1.88 bits per heavy atom. The molecule has 0 saturated carbocycles. The van der Waals surface area contributed by atoms with Crippen LogP contribution in [0.3, 0.4) is 0 Å². The Morgan fingerprint density at radius 1 is 1.19 bits per heavy atom. The summed E-state index contributed by atoms with van der Waals surface area (Å²) in [5, 5.41) is 0.697. The Labute approximate surface area is 97.1 Å². The van der Waals surface area contributed by atoms with Gasteiger partial charge in [0.2, 0.25) is 0 Å². The second kappa shape index (κ2) is 3.04. The molecular weight excluding hydrogens is 284 g/mol. The highest BCUT2D eigenvalue weighted by atomic mass is 79.9. The zero-order valence-electron chi connectivity index (χ0n) is 7.71. The number of ether oxygens (including phenoxy) is 2. The molecule has 0 spiro atoms. The zero-order chi connectivity index (χ0) is 11.3. The second-order valence-corrected chi connectivity index (χ2v) is 4.13. The summed E-state index contributed by atoms with van der Waals surface area (Å²) in [5.41, 5.74) is 0.564. The van der Waals surface area contributed by atoms with Gasteiger partial charge in [-0.2, -0.15) is 0 Å². The molecule has 2 aromatic rings. The fraction of sp³-hybridized carbons (Fsp3) is 0.100. The molecule has 2 heterocycles. The Morgan fingerprint density at radius 3 is 2.62 bits per heavy atom. The Bertz CT molecular complexity index is 588. The highest BCUT2D eigenvalue weighted by Crippen LogP contribution is 2.43. The van der Waals surface area contributed by atoms with Crippen LogP contribution in [-0.2, 0) is 0 Å². The van der Waals surface area contributed by atoms with Crippen molar-refractivity contribution in [3.63, 3.8) is 0 Å². The molecule has 3 rings (SSSR count). The maximum absolute atomic E-state index is 12.8. The summed E-state index contributed by atoms with van der Waals surface area (Å²) < 4.78 is 35.1. The number of hydrogen-bond acceptors (Lipinski definition) is 3. The molecule has 0 amide bonds. The van der Waals surface area contributed by atoms with Gasteiger partial charge in [-0.3, -0.25) is 4.98 Å². The second-order valence-electron chi connectivity index (χ2n) is 3.28. The van der Waals surface area contributed by atoms with Crippen molar-refractivity contribution in [2.75, 3.05) is 0 Å². The van der Waals surface area contributed by atoms with Gasteiger partial charge < -0.3 is 9.47 Å². The van der Waals surface area contributed by atoms with E-state index >= 15 is 0 Å². The molecule has 0 unspecified atom stereocenters. The number of fused-ring (bicyclic) bond motifs is 2. The van der Waals surface area contributed by atoms with Crippen molar-refractivity contribution in [2.24, 2.45) is 0 Å². The lowest BCUT2D eigenvalue weighted by Gasteiger charge is -2.04. The molecule has 6 heteroatoms. The molecule has 1 aromatic carbocycles. The van der Waals surface area contributed by atoms with Crippen molar-refractivity contribution >= 4 is 26.8 Å². The molecule has 82 valence electrons. The number of aromatic nitrogens is 1. The summed E-state index contributed by atoms with van der Waals surface area (Å²) >= 11 is 3.31. The lowest BCUT2D eigenvalue weighted by atomic mass is 10.2. The van der Waals surface area contributed by atoms with Crippen LogP contribution in [0, 0.1) is 0 Å². The van der Waals surface area contributed by atoms with Gasteiger partial charge >= 0.3 is 6.29 Å². The first-order chi connectivity index (χ1) is 7.55. The summed E-state index contributed by atoms with van der Waals surface area (Å²) in [4.78, 5) is 4.06. The third kappa shape index (κ3) is 1.41. The molecular formula is C10H4BrF2NO2. The van der Waals surface area contributed by atoms with Gasteiger partial charge in [0.05, 0.1) is 5.52 Å². The molecule has 0 saturated heterocycles. The number of halogens is 3. The van der Waals surface area contributed by atoms with Crippen LogP contribution in [0.1, 0.15) is 0 Å². The van der Waals surface area contributed by atoms with E-state index in [-0.39, 0.29) is 11.5 Å². The average molecular weight is 288 g/mol. The van der Waals surface area contributed by atoms with E-state index in [1.807, 2.05) is 0 Å². The fourth-order valence-corrected chi connectivity index (χ4v) is 1.99. The van der Waals surface area contributed by atoms with E-state index in [0.29, 0.717) is 10.9 Å². The minimum absolute atomic E-state index is 0.00287. The first-order valence-corrected chi connectivity index (χ1v) is 5.18. The number of pyridine rings is 1. The van der Waals surface area contributed by atoms with Crippen LogP contribution < -0.4 is 9.47 Å². The average Bonchev–Trinajstić information content (AvgIpc) is 2.48. The minimum Gasteiger partial charge on any atom is -0.395 e. The normalized spacial score (nSPS) is 16.7. The summed E-state index contributed by atoms with van der Waals surface area (Å²) in [7, 11) is 0. The van der Waals surface area contributed by atoms with E-state index in [1.165, 1.54) is 12.1 Å². The Balaban J connectivity index is 2.26. The molecule has 1 aliphatic heterocycles. The van der Waals surface area contributed by atoms with Crippen molar-refractivity contribution in [1.29, 1.82) is 0 Å². The number of benzene rings is 1. The number of nitrogens with zero attached hydrogens (tertiary/aromatic N) is 1. The van der Waals surface area contributed by atoms with E-state index in [1.54, 1.807) is 12.3 Å². The van der Waals surface area contributed by atoms with E-state index < -0.39 is 6.29 Å². The van der Waals surface area contributed by atoms with Crippen LogP contribution in [0.2, 0.25) is 0 Å². The predicted molar refractivity (Wildman–Crippen MR) is 55.6 cm³/mol. The lowest BCUT2D eigenvalue weighted by Crippen LogP contribution is -2.25. The fourth-order valence-electron chi connectivity index (χ4n) is 1.56. The third-order valence-corrected chi connectivity index (χ3v) is 2.90. The van der Waals surface area contributed by atoms with Gasteiger partial charge in [0.25, 0.3) is 0 Å². The van der Waals surface area contributed by atoms with E-state index in [4.69, 9.17) is 0 Å². The van der Waals surface area contributed by atoms with Gasteiger partial charge in [0.15, 0.2) is 11.5 Å². The van der Waals surface area contributed by atoms with Crippen molar-refractivity contribution in [3.05, 3.63) is 28.9 Å². The third-order valence-electron chi connectivity index (χ3n) is 2.21. The maximum Gasteiger partial charge on any atom is 0.586 e. The highest BCUT2D eigenvalue weighted by molar-refractivity contribution is 9.10. The number of hydrogen-bond donors (Lipinski definition) is 0. The maximum atomic E-state index is 12.8. The Hall–Kier alpha value is -1.43. The molecule has 3 nitrogen and oxygen atoms in total. The summed E-state index contributed by atoms with van der Waals surface area (Å²) in [5.74, 6) is 0.0225. The molecule has 0 fully saturated rings. The van der Waals surface area contributed by atoms with Gasteiger partial charge in [-0.05, 0) is 12.1 Å². The van der Waals surface area contributed by atoms with Crippen LogP contribution in [-0.4, -0.2) is 11.3 Å². The van der Waals surface area contributed by atoms with Gasteiger partial charge in [0.1, 0.15) is 0 Å². The van der Waals surface area contributed by atoms with Crippen molar-refractivity contribution in [3.8, 4) is 11.5 Å². The summed E-state index contributed by atoms with van der Waals surface area (Å²) in [6, 6.07) is 4.63. The zero-order valence-corrected chi connectivity index (χ0v) is 9.29. The van der Waals surface area contributed by atoms with Gasteiger partial charge in [-0.15, -0.1) is 8.78 Å². The van der Waals surface area contributed by atoms with Crippen molar-refractivity contribution in [1.82, 2.24) is 4.98 Å². The van der Waals surface area contributed by atoms with Crippen LogP contribution in [0.5, 0.6) is 11.5 Å². The molecule has 0 bridgehead atoms. The number of rotatable bonds is 0. The lowest BCUT2D eigenvalue weighted by molar-refractivity contribution is -0.286. The molecule has 0 radical (unpaired) electrons. The van der Waals surface area contributed by atoms with Crippen LogP contribution >= 0.6 is 15.9 Å². The Kier molecular flexibility index (Phi) is 1.85. The van der Waals surface area contributed by atoms with Crippen LogP contribution in [0.15, 0.2) is 28.9 Å². The van der Waals surface area contributed by atoms with Crippen molar-refractivity contribution < 1.29 is 18.3 Å². The van der Waals surface area contributed by atoms with Gasteiger partial charge in [0, 0.05) is 22.1 Å². The smallest absolute Gasteiger partial charge is 0.395 e. The van der Waals surface area contributed by atoms with Crippen molar-refractivity contribution in [2.45, 2.75) is 6.29 Å². The summed E-state index contributed by atoms with van der Waals surface area (Å²) in [6.07, 6.45) is -2.01. The molecule has 0 N–H and O–H groups in total. The molecule has 0 aliphatic carbocycles. The molecule has 1 aliphatic rings. The van der Waals surface area contributed by atoms with E-state index in [9.17, 15) is 8.78 Å². The highest BCUT2D eigenvalue weighted by Gasteiger charge is 2.43. The van der Waals surface area contributed by atoms with Gasteiger partial charge in [-0.25, -0.2) is 0 Å². The van der Waals surface area contributed by atoms with E-state index in [2.05, 4.69) is 30.4 Å².